The fourth-order valence-electron chi connectivity index (χ4n) is 4.81. The van der Waals surface area contributed by atoms with Crippen LogP contribution in [-0.4, -0.2) is 21.3 Å². The summed E-state index contributed by atoms with van der Waals surface area (Å²) in [4.78, 5) is 0. The lowest BCUT2D eigenvalue weighted by Gasteiger charge is -2.18. The molecule has 0 radical (unpaired) electrons. The molecule has 5 nitrogen and oxygen atoms in total. The molecule has 5 heteroatoms. The minimum atomic E-state index is 0.607. The van der Waals surface area contributed by atoms with Crippen LogP contribution in [0.15, 0.2) is 72.8 Å². The van der Waals surface area contributed by atoms with Crippen LogP contribution in [0.25, 0.3) is 11.1 Å². The molecule has 2 aliphatic rings. The molecule has 0 saturated heterocycles. The zero-order valence-electron chi connectivity index (χ0n) is 21.0. The number of hydrogen-bond acceptors (Lipinski definition) is 5. The van der Waals surface area contributed by atoms with E-state index in [0.29, 0.717) is 22.9 Å². The highest BCUT2D eigenvalue weighted by Crippen LogP contribution is 2.38. The van der Waals surface area contributed by atoms with Gasteiger partial charge >= 0.3 is 0 Å². The van der Waals surface area contributed by atoms with Crippen molar-refractivity contribution in [2.75, 3.05) is 27.1 Å². The SMILES string of the molecule is COc1ccc2c(c1)CCc1ccc(c(N)c1)Oc1cc(ccc1OC)CCc1cc(OC)ccc1-2. The third kappa shape index (κ3) is 4.82. The molecule has 0 aliphatic carbocycles. The van der Waals surface area contributed by atoms with Gasteiger partial charge in [-0.15, -0.1) is 0 Å². The Hall–Kier alpha value is -4.12. The molecule has 2 N–H and O–H groups in total. The predicted octanol–water partition coefficient (Wildman–Crippen LogP) is 6.64. The minimum Gasteiger partial charge on any atom is -0.497 e. The summed E-state index contributed by atoms with van der Waals surface area (Å²) >= 11 is 0. The van der Waals surface area contributed by atoms with Crippen molar-refractivity contribution in [3.63, 3.8) is 0 Å². The van der Waals surface area contributed by atoms with Gasteiger partial charge in [-0.1, -0.05) is 24.3 Å². The van der Waals surface area contributed by atoms with E-state index >= 15 is 0 Å². The van der Waals surface area contributed by atoms with Crippen molar-refractivity contribution in [2.24, 2.45) is 0 Å². The van der Waals surface area contributed by atoms with E-state index < -0.39 is 0 Å². The monoisotopic (exact) mass is 481 g/mol. The van der Waals surface area contributed by atoms with Gasteiger partial charge < -0.3 is 24.7 Å². The van der Waals surface area contributed by atoms with Gasteiger partial charge in [-0.2, -0.15) is 0 Å². The van der Waals surface area contributed by atoms with Crippen LogP contribution in [0.4, 0.5) is 5.69 Å². The highest BCUT2D eigenvalue weighted by Gasteiger charge is 2.16. The predicted molar refractivity (Wildman–Crippen MR) is 144 cm³/mol. The van der Waals surface area contributed by atoms with E-state index in [-0.39, 0.29) is 0 Å². The number of ether oxygens (including phenoxy) is 4. The maximum Gasteiger partial charge on any atom is 0.169 e. The third-order valence-electron chi connectivity index (χ3n) is 6.80. The maximum atomic E-state index is 6.41. The quantitative estimate of drug-likeness (QED) is 0.333. The molecule has 4 aromatic rings. The lowest BCUT2D eigenvalue weighted by Crippen LogP contribution is -2.02. The van der Waals surface area contributed by atoms with Gasteiger partial charge in [-0.05, 0) is 108 Å². The fraction of sp³-hybridized carbons (Fsp3) is 0.226. The number of hydrogen-bond donors (Lipinski definition) is 1. The van der Waals surface area contributed by atoms with Crippen molar-refractivity contribution < 1.29 is 18.9 Å². The fourth-order valence-corrected chi connectivity index (χ4v) is 4.81. The lowest BCUT2D eigenvalue weighted by molar-refractivity contribution is 0.379. The van der Waals surface area contributed by atoms with Crippen molar-refractivity contribution in [3.05, 3.63) is 95.1 Å². The van der Waals surface area contributed by atoms with Crippen LogP contribution in [0.2, 0.25) is 0 Å². The van der Waals surface area contributed by atoms with Gasteiger partial charge in [0.25, 0.3) is 0 Å². The standard InChI is InChI=1S/C31H31NO4/c1-33-24-10-12-26-22(18-24)8-4-20-6-14-29(28(32)16-20)36-31-17-21(7-15-30(31)35-3)5-9-23-19-25(34-2)11-13-27(23)26/h6-7,10-19H,4-5,8-9,32H2,1-3H3. The minimum absolute atomic E-state index is 0.607. The van der Waals surface area contributed by atoms with Gasteiger partial charge in [0.15, 0.2) is 17.2 Å². The van der Waals surface area contributed by atoms with Crippen molar-refractivity contribution in [3.8, 4) is 39.9 Å². The third-order valence-corrected chi connectivity index (χ3v) is 6.80. The Balaban J connectivity index is 1.66. The number of nitrogens with two attached hydrogens (primary N) is 1. The molecule has 0 aromatic heterocycles. The largest absolute Gasteiger partial charge is 0.497 e. The molecule has 0 spiro atoms. The molecule has 0 fully saturated rings. The van der Waals surface area contributed by atoms with Gasteiger partial charge in [0, 0.05) is 0 Å². The summed E-state index contributed by atoms with van der Waals surface area (Å²) in [5.74, 6) is 3.66. The van der Waals surface area contributed by atoms with Crippen LogP contribution in [0.3, 0.4) is 0 Å². The van der Waals surface area contributed by atoms with E-state index in [2.05, 4.69) is 36.4 Å². The molecule has 0 amide bonds. The molecule has 36 heavy (non-hydrogen) atoms. The first-order valence-corrected chi connectivity index (χ1v) is 12.2. The number of anilines is 1. The molecule has 184 valence electrons. The second-order valence-electron chi connectivity index (χ2n) is 9.01. The summed E-state index contributed by atoms with van der Waals surface area (Å²) in [5.41, 5.74) is 14.2. The zero-order chi connectivity index (χ0) is 25.1. The van der Waals surface area contributed by atoms with E-state index in [1.54, 1.807) is 21.3 Å². The Morgan fingerprint density at radius 2 is 1.17 bits per heavy atom. The first kappa shape index (κ1) is 23.6. The Bertz CT molecular complexity index is 1400. The second-order valence-corrected chi connectivity index (χ2v) is 9.01. The highest BCUT2D eigenvalue weighted by atomic mass is 16.5. The first-order valence-electron chi connectivity index (χ1n) is 12.2. The molecular weight excluding hydrogens is 450 g/mol. The van der Waals surface area contributed by atoms with Crippen LogP contribution < -0.4 is 24.7 Å². The van der Waals surface area contributed by atoms with E-state index in [4.69, 9.17) is 24.7 Å². The topological polar surface area (TPSA) is 62.9 Å². The lowest BCUT2D eigenvalue weighted by atomic mass is 9.89. The number of nitrogen functional groups attached to an aromatic ring is 1. The first-order chi connectivity index (χ1) is 17.6. The summed E-state index contributed by atoms with van der Waals surface area (Å²) in [5, 5.41) is 0. The van der Waals surface area contributed by atoms with Gasteiger partial charge in [-0.3, -0.25) is 0 Å². The van der Waals surface area contributed by atoms with Gasteiger partial charge in [0.1, 0.15) is 11.5 Å². The number of benzene rings is 4. The molecule has 0 unspecified atom stereocenters. The van der Waals surface area contributed by atoms with Crippen LogP contribution in [0.1, 0.15) is 22.3 Å². The number of aryl methyl sites for hydroxylation is 4. The summed E-state index contributed by atoms with van der Waals surface area (Å²) in [6, 6.07) is 24.8. The average Bonchev–Trinajstić information content (AvgIpc) is 2.91. The van der Waals surface area contributed by atoms with Crippen molar-refractivity contribution in [1.29, 1.82) is 0 Å². The van der Waals surface area contributed by atoms with Crippen molar-refractivity contribution in [2.45, 2.75) is 25.7 Å². The molecule has 2 aliphatic heterocycles. The van der Waals surface area contributed by atoms with E-state index in [9.17, 15) is 0 Å². The molecular formula is C31H31NO4. The molecule has 0 saturated carbocycles. The van der Waals surface area contributed by atoms with E-state index in [1.807, 2.05) is 36.4 Å². The van der Waals surface area contributed by atoms with Gasteiger partial charge in [0.2, 0.25) is 0 Å². The van der Waals surface area contributed by atoms with Crippen LogP contribution >= 0.6 is 0 Å². The molecule has 0 atom stereocenters. The summed E-state index contributed by atoms with van der Waals surface area (Å²) in [7, 11) is 5.06. The van der Waals surface area contributed by atoms with Gasteiger partial charge in [0.05, 0.1) is 27.0 Å². The molecule has 2 heterocycles. The molecule has 4 bridgehead atoms. The Kier molecular flexibility index (Phi) is 6.72. The van der Waals surface area contributed by atoms with Crippen LogP contribution in [0.5, 0.6) is 28.7 Å². The van der Waals surface area contributed by atoms with E-state index in [1.165, 1.54) is 22.3 Å². The maximum absolute atomic E-state index is 6.41. The number of methoxy groups -OCH3 is 3. The average molecular weight is 482 g/mol. The Labute approximate surface area is 212 Å². The highest BCUT2D eigenvalue weighted by molar-refractivity contribution is 5.73. The Morgan fingerprint density at radius 1 is 0.583 bits per heavy atom. The molecule has 6 rings (SSSR count). The zero-order valence-corrected chi connectivity index (χ0v) is 21.0. The number of rotatable bonds is 3. The normalized spacial score (nSPS) is 12.8. The summed E-state index contributed by atoms with van der Waals surface area (Å²) in [6.07, 6.45) is 3.37. The van der Waals surface area contributed by atoms with Crippen LogP contribution in [-0.2, 0) is 25.7 Å². The smallest absolute Gasteiger partial charge is 0.169 e. The van der Waals surface area contributed by atoms with E-state index in [0.717, 1.165) is 48.3 Å². The Morgan fingerprint density at radius 3 is 1.72 bits per heavy atom. The molecule has 4 aromatic carbocycles. The summed E-state index contributed by atoms with van der Waals surface area (Å²) in [6.45, 7) is 0. The van der Waals surface area contributed by atoms with Crippen molar-refractivity contribution >= 4 is 5.69 Å². The van der Waals surface area contributed by atoms with Crippen LogP contribution in [0, 0.1) is 0 Å². The second kappa shape index (κ2) is 10.2. The number of fused-ring (bicyclic) bond motifs is 4. The van der Waals surface area contributed by atoms with Gasteiger partial charge in [-0.25, -0.2) is 0 Å². The summed E-state index contributed by atoms with van der Waals surface area (Å²) < 4.78 is 22.9. The van der Waals surface area contributed by atoms with Crippen molar-refractivity contribution in [1.82, 2.24) is 0 Å².